The normalized spacial score (nSPS) is 14.2. The van der Waals surface area contributed by atoms with Crippen molar-refractivity contribution in [3.8, 4) is 0 Å². The molecule has 0 bridgehead atoms. The van der Waals surface area contributed by atoms with Gasteiger partial charge in [-0.25, -0.2) is 4.98 Å². The van der Waals surface area contributed by atoms with Crippen LogP contribution in [0.25, 0.3) is 5.52 Å². The molecule has 0 aliphatic carbocycles. The second kappa shape index (κ2) is 7.82. The van der Waals surface area contributed by atoms with Crippen molar-refractivity contribution in [3.05, 3.63) is 71.3 Å². The zero-order valence-corrected chi connectivity index (χ0v) is 15.7. The number of benzene rings is 1. The van der Waals surface area contributed by atoms with E-state index < -0.39 is 0 Å². The minimum Gasteiger partial charge on any atom is -0.378 e. The van der Waals surface area contributed by atoms with Gasteiger partial charge in [-0.3, -0.25) is 14.0 Å². The third kappa shape index (κ3) is 3.48. The Kier molecular flexibility index (Phi) is 5.08. The van der Waals surface area contributed by atoms with Crippen LogP contribution in [-0.4, -0.2) is 52.4 Å². The van der Waals surface area contributed by atoms with Crippen LogP contribution in [0.15, 0.2) is 48.7 Å². The average Bonchev–Trinajstić information content (AvgIpc) is 3.13. The first-order valence-electron chi connectivity index (χ1n) is 9.32. The summed E-state index contributed by atoms with van der Waals surface area (Å²) < 4.78 is 7.00. The van der Waals surface area contributed by atoms with Gasteiger partial charge in [-0.05, 0) is 30.2 Å². The highest BCUT2D eigenvalue weighted by Gasteiger charge is 2.26. The number of nitrogens with one attached hydrogen (secondary N) is 1. The van der Waals surface area contributed by atoms with E-state index in [1.807, 2.05) is 43.3 Å². The molecule has 7 heteroatoms. The highest BCUT2D eigenvalue weighted by molar-refractivity contribution is 6.02. The van der Waals surface area contributed by atoms with Crippen LogP contribution in [0.5, 0.6) is 0 Å². The number of ether oxygens (including phenoxy) is 1. The number of aromatic nitrogens is 2. The lowest BCUT2D eigenvalue weighted by Crippen LogP contribution is -2.41. The molecule has 0 unspecified atom stereocenters. The smallest absolute Gasteiger partial charge is 0.290 e. The van der Waals surface area contributed by atoms with E-state index in [9.17, 15) is 9.59 Å². The molecule has 2 aromatic heterocycles. The van der Waals surface area contributed by atoms with Crippen molar-refractivity contribution >= 4 is 17.3 Å². The highest BCUT2D eigenvalue weighted by atomic mass is 16.5. The van der Waals surface area contributed by atoms with Crippen molar-refractivity contribution < 1.29 is 14.3 Å². The zero-order chi connectivity index (χ0) is 19.5. The van der Waals surface area contributed by atoms with Crippen molar-refractivity contribution in [1.29, 1.82) is 0 Å². The number of amides is 2. The zero-order valence-electron chi connectivity index (χ0n) is 15.7. The molecule has 1 aliphatic rings. The van der Waals surface area contributed by atoms with Gasteiger partial charge < -0.3 is 15.0 Å². The van der Waals surface area contributed by atoms with Gasteiger partial charge in [0.1, 0.15) is 0 Å². The van der Waals surface area contributed by atoms with E-state index in [0.717, 1.165) is 11.1 Å². The SMILES string of the molecule is Cc1ccccc1CNC(=O)c1nc(C(=O)N2CCOCC2)n2ccccc12. The summed E-state index contributed by atoms with van der Waals surface area (Å²) >= 11 is 0. The number of nitrogens with zero attached hydrogens (tertiary/aromatic N) is 3. The minimum absolute atomic E-state index is 0.192. The molecule has 3 aromatic rings. The van der Waals surface area contributed by atoms with E-state index in [1.54, 1.807) is 21.6 Å². The van der Waals surface area contributed by atoms with Crippen LogP contribution in [0, 0.1) is 6.92 Å². The second-order valence-electron chi connectivity index (χ2n) is 6.75. The van der Waals surface area contributed by atoms with Crippen LogP contribution in [-0.2, 0) is 11.3 Å². The van der Waals surface area contributed by atoms with Crippen LogP contribution in [0.2, 0.25) is 0 Å². The number of hydrogen-bond acceptors (Lipinski definition) is 4. The van der Waals surface area contributed by atoms with Crippen molar-refractivity contribution in [2.24, 2.45) is 0 Å². The summed E-state index contributed by atoms with van der Waals surface area (Å²) in [6, 6.07) is 13.3. The van der Waals surface area contributed by atoms with Crippen LogP contribution in [0.1, 0.15) is 32.2 Å². The van der Waals surface area contributed by atoms with Crippen molar-refractivity contribution in [1.82, 2.24) is 19.6 Å². The number of fused-ring (bicyclic) bond motifs is 1. The molecule has 144 valence electrons. The first-order valence-corrected chi connectivity index (χ1v) is 9.32. The predicted molar refractivity (Wildman–Crippen MR) is 104 cm³/mol. The number of carbonyl (C=O) groups excluding carboxylic acids is 2. The topological polar surface area (TPSA) is 75.9 Å². The molecule has 28 heavy (non-hydrogen) atoms. The maximum atomic E-state index is 12.9. The molecule has 4 rings (SSSR count). The van der Waals surface area contributed by atoms with Crippen molar-refractivity contribution in [2.45, 2.75) is 13.5 Å². The van der Waals surface area contributed by atoms with Gasteiger partial charge in [0.15, 0.2) is 5.69 Å². The predicted octanol–water partition coefficient (Wildman–Crippen LogP) is 2.05. The lowest BCUT2D eigenvalue weighted by molar-refractivity contribution is 0.0294. The Balaban J connectivity index is 1.61. The van der Waals surface area contributed by atoms with Gasteiger partial charge in [0.25, 0.3) is 11.8 Å². The Morgan fingerprint density at radius 3 is 2.64 bits per heavy atom. The van der Waals surface area contributed by atoms with Crippen LogP contribution in [0.3, 0.4) is 0 Å². The molecule has 0 radical (unpaired) electrons. The number of aryl methyl sites for hydroxylation is 1. The molecule has 1 saturated heterocycles. The van der Waals surface area contributed by atoms with Crippen LogP contribution < -0.4 is 5.32 Å². The van der Waals surface area contributed by atoms with Crippen LogP contribution in [0.4, 0.5) is 0 Å². The second-order valence-corrected chi connectivity index (χ2v) is 6.75. The Hall–Kier alpha value is -3.19. The first-order chi connectivity index (χ1) is 13.6. The number of hydrogen-bond donors (Lipinski definition) is 1. The Morgan fingerprint density at radius 2 is 1.86 bits per heavy atom. The minimum atomic E-state index is -0.298. The van der Waals surface area contributed by atoms with Gasteiger partial charge in [0.05, 0.1) is 18.7 Å². The van der Waals surface area contributed by atoms with Gasteiger partial charge in [-0.1, -0.05) is 30.3 Å². The molecule has 1 aromatic carbocycles. The van der Waals surface area contributed by atoms with Crippen molar-refractivity contribution in [2.75, 3.05) is 26.3 Å². The average molecular weight is 378 g/mol. The van der Waals surface area contributed by atoms with E-state index >= 15 is 0 Å². The number of morpholine rings is 1. The lowest BCUT2D eigenvalue weighted by Gasteiger charge is -2.26. The van der Waals surface area contributed by atoms with E-state index in [0.29, 0.717) is 38.4 Å². The number of carbonyl (C=O) groups is 2. The summed E-state index contributed by atoms with van der Waals surface area (Å²) in [5, 5.41) is 2.92. The molecular weight excluding hydrogens is 356 g/mol. The molecule has 7 nitrogen and oxygen atoms in total. The highest BCUT2D eigenvalue weighted by Crippen LogP contribution is 2.16. The Bertz CT molecular complexity index is 1020. The molecule has 0 atom stereocenters. The summed E-state index contributed by atoms with van der Waals surface area (Å²) in [5.74, 6) is -0.242. The van der Waals surface area contributed by atoms with E-state index in [2.05, 4.69) is 10.3 Å². The van der Waals surface area contributed by atoms with Crippen molar-refractivity contribution in [3.63, 3.8) is 0 Å². The quantitative estimate of drug-likeness (QED) is 0.754. The van der Waals surface area contributed by atoms with E-state index in [4.69, 9.17) is 4.74 Å². The summed E-state index contributed by atoms with van der Waals surface area (Å²) in [7, 11) is 0. The molecule has 3 heterocycles. The summed E-state index contributed by atoms with van der Waals surface area (Å²) in [6.45, 7) is 4.49. The first kappa shape index (κ1) is 18.2. The number of pyridine rings is 1. The monoisotopic (exact) mass is 378 g/mol. The van der Waals surface area contributed by atoms with Gasteiger partial charge in [0, 0.05) is 25.8 Å². The van der Waals surface area contributed by atoms with Gasteiger partial charge in [0.2, 0.25) is 5.82 Å². The summed E-state index contributed by atoms with van der Waals surface area (Å²) in [5.41, 5.74) is 3.02. The third-order valence-corrected chi connectivity index (χ3v) is 4.95. The standard InChI is InChI=1S/C21H22N4O3/c1-15-6-2-3-7-16(15)14-22-20(26)18-17-8-4-5-9-25(17)19(23-18)21(27)24-10-12-28-13-11-24/h2-9H,10-14H2,1H3,(H,22,26). The summed E-state index contributed by atoms with van der Waals surface area (Å²) in [4.78, 5) is 31.9. The summed E-state index contributed by atoms with van der Waals surface area (Å²) in [6.07, 6.45) is 1.76. The van der Waals surface area contributed by atoms with E-state index in [1.165, 1.54) is 0 Å². The molecule has 1 fully saturated rings. The van der Waals surface area contributed by atoms with Gasteiger partial charge >= 0.3 is 0 Å². The fourth-order valence-electron chi connectivity index (χ4n) is 3.33. The largest absolute Gasteiger partial charge is 0.378 e. The molecule has 0 saturated carbocycles. The maximum absolute atomic E-state index is 12.9. The van der Waals surface area contributed by atoms with Crippen LogP contribution >= 0.6 is 0 Å². The number of rotatable bonds is 4. The number of imidazole rings is 1. The molecule has 0 spiro atoms. The Morgan fingerprint density at radius 1 is 1.11 bits per heavy atom. The Labute approximate surface area is 162 Å². The maximum Gasteiger partial charge on any atom is 0.290 e. The molecule has 2 amide bonds. The van der Waals surface area contributed by atoms with E-state index in [-0.39, 0.29) is 23.3 Å². The third-order valence-electron chi connectivity index (χ3n) is 4.95. The lowest BCUT2D eigenvalue weighted by atomic mass is 10.1. The fourth-order valence-corrected chi connectivity index (χ4v) is 3.33. The molecule has 1 aliphatic heterocycles. The van der Waals surface area contributed by atoms with Gasteiger partial charge in [-0.15, -0.1) is 0 Å². The van der Waals surface area contributed by atoms with Gasteiger partial charge in [-0.2, -0.15) is 0 Å². The molecular formula is C21H22N4O3. The fraction of sp³-hybridized carbons (Fsp3) is 0.286. The molecule has 1 N–H and O–H groups in total.